The van der Waals surface area contributed by atoms with E-state index in [9.17, 15) is 13.6 Å². The van der Waals surface area contributed by atoms with E-state index in [1.807, 2.05) is 0 Å². The molecule has 196 valence electrons. The van der Waals surface area contributed by atoms with E-state index in [2.05, 4.69) is 10.3 Å². The highest BCUT2D eigenvalue weighted by Crippen LogP contribution is 2.52. The number of hydrazine groups is 1. The molecule has 2 aromatic carbocycles. The number of likely N-dealkylation sites (tertiary alicyclic amines) is 1. The van der Waals surface area contributed by atoms with E-state index in [0.29, 0.717) is 23.2 Å². The van der Waals surface area contributed by atoms with Gasteiger partial charge in [0, 0.05) is 43.2 Å². The van der Waals surface area contributed by atoms with Gasteiger partial charge < -0.3 is 8.92 Å². The van der Waals surface area contributed by atoms with Gasteiger partial charge in [-0.25, -0.2) is 8.78 Å². The third-order valence-electron chi connectivity index (χ3n) is 6.95. The fraction of sp³-hybridized carbons (Fsp3) is 0.480. The van der Waals surface area contributed by atoms with Crippen molar-refractivity contribution in [1.82, 2.24) is 14.7 Å². The summed E-state index contributed by atoms with van der Waals surface area (Å²) in [5.74, 6) is -0.600. The average Bonchev–Trinajstić information content (AvgIpc) is 3.57. The number of carbonyl (C=O) groups is 1. The van der Waals surface area contributed by atoms with Crippen molar-refractivity contribution in [2.75, 3.05) is 27.2 Å². The maximum Gasteiger partial charge on any atom is 0.269 e. The molecular weight excluding hydrogens is 528 g/mol. The number of benzene rings is 2. The number of ether oxygens (including phenoxy) is 1. The minimum Gasteiger partial charge on any atom is -0.490 e. The van der Waals surface area contributed by atoms with Crippen molar-refractivity contribution >= 4 is 43.2 Å². The Labute approximate surface area is 226 Å². The lowest BCUT2D eigenvalue weighted by atomic mass is 9.61. The van der Waals surface area contributed by atoms with Crippen LogP contribution in [-0.4, -0.2) is 48.6 Å². The van der Waals surface area contributed by atoms with E-state index in [0.717, 1.165) is 62.1 Å². The van der Waals surface area contributed by atoms with Gasteiger partial charge in [0.05, 0.1) is 18.8 Å². The molecule has 3 aliphatic rings. The molecule has 0 radical (unpaired) electrons. The van der Waals surface area contributed by atoms with Crippen LogP contribution in [0.1, 0.15) is 53.1 Å². The molecule has 0 aromatic heterocycles. The first kappa shape index (κ1) is 27.5. The van der Waals surface area contributed by atoms with Crippen molar-refractivity contribution in [2.24, 2.45) is 5.41 Å². The summed E-state index contributed by atoms with van der Waals surface area (Å²) >= 11 is 7.11. The molecule has 2 aromatic rings. The van der Waals surface area contributed by atoms with Gasteiger partial charge >= 0.3 is 0 Å². The quantitative estimate of drug-likeness (QED) is 0.252. The van der Waals surface area contributed by atoms with Gasteiger partial charge in [-0.2, -0.15) is 13.5 Å². The minimum absolute atomic E-state index is 0. The Balaban J connectivity index is 0.00000304. The molecule has 1 spiro atoms. The molecule has 3 fully saturated rings. The Morgan fingerprint density at radius 3 is 2.61 bits per heavy atom. The van der Waals surface area contributed by atoms with Crippen molar-refractivity contribution in [1.29, 1.82) is 0 Å². The third-order valence-corrected chi connectivity index (χ3v) is 7.76. The van der Waals surface area contributed by atoms with Crippen molar-refractivity contribution in [3.05, 3.63) is 63.7 Å². The van der Waals surface area contributed by atoms with Crippen LogP contribution in [0.25, 0.3) is 0 Å². The molecule has 1 amide bonds. The highest BCUT2D eigenvalue weighted by atomic mass is 35.5. The Bertz CT molecular complexity index is 1120. The number of carbonyl (C=O) groups excluding carboxylic acids is 1. The summed E-state index contributed by atoms with van der Waals surface area (Å²) in [6.07, 6.45) is 3.88. The first-order chi connectivity index (χ1) is 16.7. The maximum absolute atomic E-state index is 14.9. The molecule has 1 N–H and O–H groups in total. The predicted molar refractivity (Wildman–Crippen MR) is 141 cm³/mol. The van der Waals surface area contributed by atoms with Gasteiger partial charge in [-0.1, -0.05) is 17.7 Å². The fourth-order valence-electron chi connectivity index (χ4n) is 5.23. The molecule has 1 aliphatic heterocycles. The van der Waals surface area contributed by atoms with Crippen LogP contribution in [0.2, 0.25) is 5.02 Å². The van der Waals surface area contributed by atoms with Gasteiger partial charge in [0.2, 0.25) is 0 Å². The first-order valence-corrected chi connectivity index (χ1v) is 12.7. The Kier molecular flexibility index (Phi) is 8.43. The lowest BCUT2D eigenvalue weighted by Gasteiger charge is -2.58. The molecule has 0 bridgehead atoms. The molecule has 1 heterocycles. The van der Waals surface area contributed by atoms with Crippen molar-refractivity contribution in [3.8, 4) is 5.75 Å². The maximum atomic E-state index is 14.9. The number of hydrogen-bond acceptors (Lipinski definition) is 6. The summed E-state index contributed by atoms with van der Waals surface area (Å²) in [5.41, 5.74) is 4.63. The van der Waals surface area contributed by atoms with Gasteiger partial charge in [-0.05, 0) is 60.9 Å². The Morgan fingerprint density at radius 2 is 1.97 bits per heavy atom. The van der Waals surface area contributed by atoms with Gasteiger partial charge in [0.25, 0.3) is 5.91 Å². The zero-order valence-corrected chi connectivity index (χ0v) is 22.7. The number of amides is 1. The van der Waals surface area contributed by atoms with E-state index in [-0.39, 0.29) is 36.4 Å². The first-order valence-electron chi connectivity index (χ1n) is 11.7. The van der Waals surface area contributed by atoms with Crippen LogP contribution in [0.15, 0.2) is 30.3 Å². The van der Waals surface area contributed by atoms with E-state index < -0.39 is 11.7 Å². The standard InChI is InChI=1S/C25H28ClF2N3O3S.H2S/c1-30(35-33-2)29-24(32)20-8-19(15-3-4-15)23(9-22(20)28)34-18-10-25(11-18)13-31(14-25)12-16-5-6-17(27)7-21(16)26;/h5-9,15,18H,3-4,10-14H2,1-2H3,(H,29,32);1H2. The number of halogens is 3. The van der Waals surface area contributed by atoms with Crippen LogP contribution in [0, 0.1) is 17.0 Å². The molecule has 36 heavy (non-hydrogen) atoms. The van der Waals surface area contributed by atoms with Crippen LogP contribution in [0.4, 0.5) is 8.78 Å². The summed E-state index contributed by atoms with van der Waals surface area (Å²) in [4.78, 5) is 14.8. The van der Waals surface area contributed by atoms with Crippen molar-refractivity contribution in [2.45, 2.75) is 44.2 Å². The SMILES string of the molecule is COSN(C)NC(=O)c1cc(C2CC2)c(OC2CC3(C2)CN(Cc2ccc(F)cc2Cl)C3)cc1F.S. The number of rotatable bonds is 9. The lowest BCUT2D eigenvalue weighted by Crippen LogP contribution is -2.64. The van der Waals surface area contributed by atoms with E-state index in [4.69, 9.17) is 20.5 Å². The molecule has 11 heteroatoms. The highest BCUT2D eigenvalue weighted by Gasteiger charge is 2.53. The van der Waals surface area contributed by atoms with Crippen molar-refractivity contribution in [3.63, 3.8) is 0 Å². The second-order valence-electron chi connectivity index (χ2n) is 9.85. The second-order valence-corrected chi connectivity index (χ2v) is 11.3. The number of nitrogens with one attached hydrogen (secondary N) is 1. The number of hydrogen-bond donors (Lipinski definition) is 1. The fourth-order valence-corrected chi connectivity index (χ4v) is 5.80. The summed E-state index contributed by atoms with van der Waals surface area (Å²) in [6.45, 7) is 2.58. The molecule has 0 unspecified atom stereocenters. The molecule has 1 saturated heterocycles. The molecule has 2 saturated carbocycles. The van der Waals surface area contributed by atoms with Crippen LogP contribution >= 0.6 is 37.3 Å². The Morgan fingerprint density at radius 1 is 1.25 bits per heavy atom. The molecular formula is C25H30ClF2N3O3S2. The monoisotopic (exact) mass is 557 g/mol. The highest BCUT2D eigenvalue weighted by molar-refractivity contribution is 7.92. The van der Waals surface area contributed by atoms with Gasteiger partial charge in [-0.3, -0.25) is 15.1 Å². The van der Waals surface area contributed by atoms with E-state index >= 15 is 0 Å². The lowest BCUT2D eigenvalue weighted by molar-refractivity contribution is -0.122. The predicted octanol–water partition coefficient (Wildman–Crippen LogP) is 5.44. The minimum atomic E-state index is -0.599. The summed E-state index contributed by atoms with van der Waals surface area (Å²) in [7, 11) is 3.10. The second kappa shape index (κ2) is 11.0. The molecule has 2 aliphatic carbocycles. The summed E-state index contributed by atoms with van der Waals surface area (Å²) < 4.78 is 40.7. The van der Waals surface area contributed by atoms with Gasteiger partial charge in [0.15, 0.2) is 0 Å². The summed E-state index contributed by atoms with van der Waals surface area (Å²) in [5, 5.41) is 0.455. The molecule has 5 rings (SSSR count). The Hall–Kier alpha value is -1.56. The smallest absolute Gasteiger partial charge is 0.269 e. The van der Waals surface area contributed by atoms with Crippen molar-refractivity contribution < 1.29 is 22.5 Å². The summed E-state index contributed by atoms with van der Waals surface area (Å²) in [6, 6.07) is 7.52. The largest absolute Gasteiger partial charge is 0.490 e. The average molecular weight is 558 g/mol. The van der Waals surface area contributed by atoms with Gasteiger partial charge in [0.1, 0.15) is 29.6 Å². The van der Waals surface area contributed by atoms with Crippen LogP contribution < -0.4 is 10.2 Å². The van der Waals surface area contributed by atoms with Gasteiger partial charge in [-0.15, -0.1) is 4.41 Å². The van der Waals surface area contributed by atoms with Crippen LogP contribution in [0.5, 0.6) is 5.75 Å². The van der Waals surface area contributed by atoms with E-state index in [1.165, 1.54) is 29.7 Å². The zero-order valence-electron chi connectivity index (χ0n) is 20.2. The topological polar surface area (TPSA) is 54.0 Å². The third kappa shape index (κ3) is 5.95. The normalized spacial score (nSPS) is 18.9. The zero-order chi connectivity index (χ0) is 24.7. The number of nitrogens with zero attached hydrogens (tertiary/aromatic N) is 2. The van der Waals surface area contributed by atoms with E-state index in [1.54, 1.807) is 19.2 Å². The molecule has 0 atom stereocenters. The van der Waals surface area contributed by atoms with Crippen LogP contribution in [0.3, 0.4) is 0 Å². The molecule has 6 nitrogen and oxygen atoms in total. The van der Waals surface area contributed by atoms with Crippen LogP contribution in [-0.2, 0) is 10.7 Å².